The maximum Gasteiger partial charge on any atom is 0.253 e. The van der Waals surface area contributed by atoms with Crippen molar-refractivity contribution in [3.05, 3.63) is 83.8 Å². The number of aromatic nitrogens is 2. The molecule has 6 rings (SSSR count). The first-order valence-corrected chi connectivity index (χ1v) is 12.7. The number of benzene rings is 3. The molecule has 0 saturated heterocycles. The average Bonchev–Trinajstić information content (AvgIpc) is 3.52. The van der Waals surface area contributed by atoms with E-state index in [1.165, 1.54) is 23.5 Å². The lowest BCUT2D eigenvalue weighted by molar-refractivity contribution is -0.117. The zero-order chi connectivity index (χ0) is 24.8. The largest absolute Gasteiger partial charge is 0.360 e. The Balaban J connectivity index is 1.27. The molecule has 1 aliphatic carbocycles. The van der Waals surface area contributed by atoms with Gasteiger partial charge in [-0.2, -0.15) is 0 Å². The van der Waals surface area contributed by atoms with Crippen molar-refractivity contribution in [3.63, 3.8) is 0 Å². The van der Waals surface area contributed by atoms with E-state index in [0.29, 0.717) is 16.3 Å². The van der Waals surface area contributed by atoms with Crippen LogP contribution < -0.4 is 10.6 Å². The second-order valence-corrected chi connectivity index (χ2v) is 10.2. The summed E-state index contributed by atoms with van der Waals surface area (Å²) < 4.78 is 14.6. The number of carbonyl (C=O) groups is 2. The number of nitrogens with zero attached hydrogens (tertiary/aromatic N) is 1. The molecule has 0 bridgehead atoms. The fourth-order valence-electron chi connectivity index (χ4n) is 4.34. The third-order valence-electron chi connectivity index (χ3n) is 6.52. The number of aromatic amines is 1. The molecule has 3 aromatic carbocycles. The molecule has 6 nitrogen and oxygen atoms in total. The Kier molecular flexibility index (Phi) is 5.53. The number of H-pyrrole nitrogens is 1. The van der Waals surface area contributed by atoms with Crippen LogP contribution in [0.1, 0.15) is 41.7 Å². The topological polar surface area (TPSA) is 86.9 Å². The van der Waals surface area contributed by atoms with Crippen molar-refractivity contribution in [3.8, 4) is 11.1 Å². The number of anilines is 1. The SMILES string of the molecule is C[C@H](NC(=O)c1c[nH]c2ccc(-c3ccc4sc(NC(=O)C5CC5)nc4c3)cc12)c1cccc(F)c1. The summed E-state index contributed by atoms with van der Waals surface area (Å²) in [4.78, 5) is 32.9. The zero-order valence-corrected chi connectivity index (χ0v) is 20.3. The van der Waals surface area contributed by atoms with Crippen LogP contribution in [0.3, 0.4) is 0 Å². The Morgan fingerprint density at radius 3 is 2.69 bits per heavy atom. The molecule has 2 amide bonds. The third-order valence-corrected chi connectivity index (χ3v) is 7.47. The summed E-state index contributed by atoms with van der Waals surface area (Å²) in [5.74, 6) is -0.394. The fourth-order valence-corrected chi connectivity index (χ4v) is 5.18. The summed E-state index contributed by atoms with van der Waals surface area (Å²) in [5, 5.41) is 7.30. The average molecular weight is 499 g/mol. The van der Waals surface area contributed by atoms with E-state index in [9.17, 15) is 14.0 Å². The molecule has 1 fully saturated rings. The third kappa shape index (κ3) is 4.35. The van der Waals surface area contributed by atoms with Gasteiger partial charge >= 0.3 is 0 Å². The highest BCUT2D eigenvalue weighted by molar-refractivity contribution is 7.22. The Hall–Kier alpha value is -4.04. The van der Waals surface area contributed by atoms with E-state index >= 15 is 0 Å². The van der Waals surface area contributed by atoms with Crippen LogP contribution in [0.5, 0.6) is 0 Å². The smallest absolute Gasteiger partial charge is 0.253 e. The van der Waals surface area contributed by atoms with Crippen LogP contribution in [0.2, 0.25) is 0 Å². The number of amides is 2. The molecule has 180 valence electrons. The molecule has 1 aliphatic rings. The lowest BCUT2D eigenvalue weighted by atomic mass is 10.0. The van der Waals surface area contributed by atoms with Gasteiger partial charge in [-0.25, -0.2) is 9.37 Å². The Bertz CT molecular complexity index is 1640. The van der Waals surface area contributed by atoms with Crippen LogP contribution in [0.4, 0.5) is 9.52 Å². The van der Waals surface area contributed by atoms with Gasteiger partial charge in [0.2, 0.25) is 5.91 Å². The molecule has 0 unspecified atom stereocenters. The van der Waals surface area contributed by atoms with E-state index in [2.05, 4.69) is 20.6 Å². The molecule has 0 aliphatic heterocycles. The number of hydrogen-bond donors (Lipinski definition) is 3. The lowest BCUT2D eigenvalue weighted by Crippen LogP contribution is -2.26. The highest BCUT2D eigenvalue weighted by Crippen LogP contribution is 2.34. The van der Waals surface area contributed by atoms with Crippen LogP contribution in [0.25, 0.3) is 32.2 Å². The second-order valence-electron chi connectivity index (χ2n) is 9.18. The summed E-state index contributed by atoms with van der Waals surface area (Å²) in [6, 6.07) is 17.8. The monoisotopic (exact) mass is 498 g/mol. The molecule has 8 heteroatoms. The van der Waals surface area contributed by atoms with Crippen molar-refractivity contribution in [2.75, 3.05) is 5.32 Å². The van der Waals surface area contributed by atoms with E-state index in [-0.39, 0.29) is 29.6 Å². The van der Waals surface area contributed by atoms with Gasteiger partial charge in [-0.3, -0.25) is 9.59 Å². The van der Waals surface area contributed by atoms with Gasteiger partial charge in [0.05, 0.1) is 21.8 Å². The lowest BCUT2D eigenvalue weighted by Gasteiger charge is -2.14. The molecular weight excluding hydrogens is 475 g/mol. The van der Waals surface area contributed by atoms with E-state index in [1.807, 2.05) is 43.3 Å². The van der Waals surface area contributed by atoms with E-state index < -0.39 is 0 Å². The number of fused-ring (bicyclic) bond motifs is 2. The highest BCUT2D eigenvalue weighted by Gasteiger charge is 2.30. The first kappa shape index (κ1) is 22.4. The zero-order valence-electron chi connectivity index (χ0n) is 19.5. The number of hydrogen-bond acceptors (Lipinski definition) is 4. The number of halogens is 1. The minimum absolute atomic E-state index is 0.0460. The van der Waals surface area contributed by atoms with Crippen molar-refractivity contribution >= 4 is 49.4 Å². The molecule has 3 N–H and O–H groups in total. The van der Waals surface area contributed by atoms with Crippen LogP contribution in [0.15, 0.2) is 66.9 Å². The minimum Gasteiger partial charge on any atom is -0.360 e. The number of rotatable bonds is 6. The number of carbonyl (C=O) groups excluding carboxylic acids is 2. The molecule has 0 spiro atoms. The maximum atomic E-state index is 13.6. The van der Waals surface area contributed by atoms with E-state index in [1.54, 1.807) is 18.3 Å². The van der Waals surface area contributed by atoms with Crippen molar-refractivity contribution in [2.45, 2.75) is 25.8 Å². The molecule has 2 heterocycles. The summed E-state index contributed by atoms with van der Waals surface area (Å²) in [7, 11) is 0. The molecule has 5 aromatic rings. The van der Waals surface area contributed by atoms with E-state index in [0.717, 1.165) is 45.1 Å². The molecule has 36 heavy (non-hydrogen) atoms. The van der Waals surface area contributed by atoms with Crippen LogP contribution >= 0.6 is 11.3 Å². The highest BCUT2D eigenvalue weighted by atomic mass is 32.1. The van der Waals surface area contributed by atoms with Gasteiger partial charge < -0.3 is 15.6 Å². The van der Waals surface area contributed by atoms with Gasteiger partial charge in [-0.15, -0.1) is 0 Å². The number of thiazole rings is 1. The van der Waals surface area contributed by atoms with Crippen molar-refractivity contribution in [1.29, 1.82) is 0 Å². The summed E-state index contributed by atoms with van der Waals surface area (Å²) in [5.41, 5.74) is 4.81. The van der Waals surface area contributed by atoms with E-state index in [4.69, 9.17) is 0 Å². The molecule has 1 atom stereocenters. The maximum absolute atomic E-state index is 13.6. The fraction of sp³-hybridized carbons (Fsp3) is 0.179. The van der Waals surface area contributed by atoms with Crippen LogP contribution in [-0.2, 0) is 4.79 Å². The Morgan fingerprint density at radius 1 is 1.08 bits per heavy atom. The molecule has 2 aromatic heterocycles. The first-order chi connectivity index (χ1) is 17.4. The van der Waals surface area contributed by atoms with Gasteiger partial charge in [0.25, 0.3) is 5.91 Å². The quantitative estimate of drug-likeness (QED) is 0.252. The minimum atomic E-state index is -0.344. The van der Waals surface area contributed by atoms with Crippen LogP contribution in [0, 0.1) is 11.7 Å². The van der Waals surface area contributed by atoms with Crippen molar-refractivity contribution in [2.24, 2.45) is 5.92 Å². The van der Waals surface area contributed by atoms with Gasteiger partial charge in [0, 0.05) is 23.0 Å². The van der Waals surface area contributed by atoms with Gasteiger partial charge in [-0.05, 0) is 72.9 Å². The summed E-state index contributed by atoms with van der Waals surface area (Å²) in [6.45, 7) is 1.83. The Labute approximate surface area is 210 Å². The molecule has 0 radical (unpaired) electrons. The molecular formula is C28H23FN4O2S. The van der Waals surface area contributed by atoms with Gasteiger partial charge in [-0.1, -0.05) is 35.6 Å². The van der Waals surface area contributed by atoms with Gasteiger partial charge in [0.1, 0.15) is 5.82 Å². The van der Waals surface area contributed by atoms with Gasteiger partial charge in [0.15, 0.2) is 5.13 Å². The molecule has 1 saturated carbocycles. The number of nitrogens with one attached hydrogen (secondary N) is 3. The second kappa shape index (κ2) is 8.87. The standard InChI is InChI=1S/C28H23FN4O2S/c1-15(17-3-2-4-20(29)11-17)31-27(35)22-14-30-23-9-7-18(12-21(22)23)19-8-10-25-24(13-19)32-28(36-25)33-26(34)16-5-6-16/h2-4,7-16,30H,5-6H2,1H3,(H,31,35)(H,32,33,34)/t15-/m0/s1. The summed E-state index contributed by atoms with van der Waals surface area (Å²) in [6.07, 6.45) is 3.60. The summed E-state index contributed by atoms with van der Waals surface area (Å²) >= 11 is 1.47. The van der Waals surface area contributed by atoms with Crippen molar-refractivity contribution < 1.29 is 14.0 Å². The Morgan fingerprint density at radius 2 is 1.89 bits per heavy atom. The predicted molar refractivity (Wildman–Crippen MR) is 141 cm³/mol. The predicted octanol–water partition coefficient (Wildman–Crippen LogP) is 6.42. The van der Waals surface area contributed by atoms with Crippen LogP contribution in [-0.4, -0.2) is 21.8 Å². The first-order valence-electron chi connectivity index (χ1n) is 11.8. The normalized spacial score (nSPS) is 14.2. The van der Waals surface area contributed by atoms with Crippen molar-refractivity contribution in [1.82, 2.24) is 15.3 Å².